The Morgan fingerprint density at radius 2 is 1.33 bits per heavy atom. The maximum atomic E-state index is 8.30. The van der Waals surface area contributed by atoms with Gasteiger partial charge in [-0.2, -0.15) is 0 Å². The molecule has 0 bridgehead atoms. The molecular weight excluding hydrogens is 184 g/mol. The highest BCUT2D eigenvalue weighted by Gasteiger charge is 2.22. The van der Waals surface area contributed by atoms with Gasteiger partial charge in [-0.15, -0.1) is 0 Å². The van der Waals surface area contributed by atoms with Crippen LogP contribution in [0.2, 0.25) is 0 Å². The molecule has 2 nitrogen and oxygen atoms in total. The zero-order valence-electron chi connectivity index (χ0n) is 9.80. The monoisotopic (exact) mass is 208 g/mol. The van der Waals surface area contributed by atoms with Gasteiger partial charge in [0.1, 0.15) is 0 Å². The molecule has 0 atom stereocenters. The molecule has 0 aromatic heterocycles. The van der Waals surface area contributed by atoms with Crippen LogP contribution in [0.4, 0.5) is 0 Å². The second kappa shape index (κ2) is 5.53. The molecule has 0 aromatic carbocycles. The molecule has 1 aliphatic carbocycles. The summed E-state index contributed by atoms with van der Waals surface area (Å²) in [6.45, 7) is 2.30. The minimum Gasteiger partial charge on any atom is -0.360 e. The highest BCUT2D eigenvalue weighted by Crippen LogP contribution is 2.26. The third kappa shape index (κ3) is 2.96. The fraction of sp³-hybridized carbons (Fsp3) is 0.923. The molecule has 0 unspecified atom stereocenters. The van der Waals surface area contributed by atoms with Crippen molar-refractivity contribution in [1.82, 2.24) is 4.90 Å². The van der Waals surface area contributed by atoms with Crippen molar-refractivity contribution >= 4 is 5.84 Å². The molecule has 0 amide bonds. The molecule has 1 saturated carbocycles. The van der Waals surface area contributed by atoms with Gasteiger partial charge in [-0.25, -0.2) is 0 Å². The van der Waals surface area contributed by atoms with E-state index in [0.29, 0.717) is 5.92 Å². The number of hydrogen-bond acceptors (Lipinski definition) is 1. The van der Waals surface area contributed by atoms with Crippen LogP contribution in [0, 0.1) is 11.3 Å². The summed E-state index contributed by atoms with van der Waals surface area (Å²) in [6.07, 6.45) is 12.0. The van der Waals surface area contributed by atoms with Crippen molar-refractivity contribution < 1.29 is 0 Å². The van der Waals surface area contributed by atoms with Crippen molar-refractivity contribution in [1.29, 1.82) is 5.41 Å². The smallest absolute Gasteiger partial charge is 0.0989 e. The van der Waals surface area contributed by atoms with Crippen LogP contribution in [0.5, 0.6) is 0 Å². The van der Waals surface area contributed by atoms with Crippen molar-refractivity contribution in [3.8, 4) is 0 Å². The molecular formula is C13H24N2. The second-order valence-corrected chi connectivity index (χ2v) is 5.12. The number of nitrogens with one attached hydrogen (secondary N) is 1. The molecule has 0 spiro atoms. The van der Waals surface area contributed by atoms with Gasteiger partial charge in [0.25, 0.3) is 0 Å². The number of hydrogen-bond donors (Lipinski definition) is 1. The van der Waals surface area contributed by atoms with Gasteiger partial charge in [0.2, 0.25) is 0 Å². The van der Waals surface area contributed by atoms with E-state index in [0.717, 1.165) is 18.9 Å². The van der Waals surface area contributed by atoms with Crippen LogP contribution < -0.4 is 0 Å². The van der Waals surface area contributed by atoms with Gasteiger partial charge in [-0.3, -0.25) is 5.41 Å². The Bertz CT molecular complexity index is 199. The van der Waals surface area contributed by atoms with E-state index in [2.05, 4.69) is 4.90 Å². The average Bonchev–Trinajstić information content (AvgIpc) is 2.58. The van der Waals surface area contributed by atoms with Crippen LogP contribution in [0.25, 0.3) is 0 Å². The first kappa shape index (κ1) is 11.0. The van der Waals surface area contributed by atoms with E-state index in [1.807, 2.05) is 0 Å². The van der Waals surface area contributed by atoms with E-state index in [1.165, 1.54) is 57.8 Å². The van der Waals surface area contributed by atoms with Crippen molar-refractivity contribution in [2.45, 2.75) is 57.8 Å². The van der Waals surface area contributed by atoms with Gasteiger partial charge in [-0.1, -0.05) is 32.1 Å². The van der Waals surface area contributed by atoms with Gasteiger partial charge in [0.05, 0.1) is 5.84 Å². The fourth-order valence-corrected chi connectivity index (χ4v) is 2.95. The summed E-state index contributed by atoms with van der Waals surface area (Å²) in [4.78, 5) is 2.36. The normalized spacial score (nSPS) is 24.9. The number of likely N-dealkylation sites (tertiary alicyclic amines) is 1. The Hall–Kier alpha value is -0.530. The SMILES string of the molecule is N=C(C1CCCCC1)N1CCCCCC1. The van der Waals surface area contributed by atoms with E-state index < -0.39 is 0 Å². The van der Waals surface area contributed by atoms with Gasteiger partial charge in [-0.05, 0) is 25.7 Å². The molecule has 86 valence electrons. The third-order valence-corrected chi connectivity index (χ3v) is 3.94. The fourth-order valence-electron chi connectivity index (χ4n) is 2.95. The van der Waals surface area contributed by atoms with Crippen LogP contribution in [0.1, 0.15) is 57.8 Å². The predicted molar refractivity (Wildman–Crippen MR) is 64.3 cm³/mol. The largest absolute Gasteiger partial charge is 0.360 e. The van der Waals surface area contributed by atoms with E-state index in [1.54, 1.807) is 0 Å². The number of amidine groups is 1. The Labute approximate surface area is 93.6 Å². The zero-order valence-corrected chi connectivity index (χ0v) is 9.80. The lowest BCUT2D eigenvalue weighted by atomic mass is 9.88. The van der Waals surface area contributed by atoms with Crippen LogP contribution in [-0.4, -0.2) is 23.8 Å². The lowest BCUT2D eigenvalue weighted by molar-refractivity contribution is 0.359. The van der Waals surface area contributed by atoms with E-state index in [4.69, 9.17) is 5.41 Å². The lowest BCUT2D eigenvalue weighted by Gasteiger charge is -2.31. The minimum atomic E-state index is 0.594. The summed E-state index contributed by atoms with van der Waals surface area (Å²) >= 11 is 0. The summed E-state index contributed by atoms with van der Waals surface area (Å²) in [7, 11) is 0. The average molecular weight is 208 g/mol. The highest BCUT2D eigenvalue weighted by atomic mass is 15.2. The summed E-state index contributed by atoms with van der Waals surface area (Å²) in [5, 5.41) is 8.30. The van der Waals surface area contributed by atoms with Gasteiger partial charge in [0.15, 0.2) is 0 Å². The second-order valence-electron chi connectivity index (χ2n) is 5.12. The summed E-state index contributed by atoms with van der Waals surface area (Å²) in [6, 6.07) is 0. The molecule has 0 aromatic rings. The Balaban J connectivity index is 1.87. The van der Waals surface area contributed by atoms with Crippen molar-refractivity contribution in [2.75, 3.05) is 13.1 Å². The van der Waals surface area contributed by atoms with Crippen molar-refractivity contribution in [2.24, 2.45) is 5.92 Å². The van der Waals surface area contributed by atoms with Crippen molar-refractivity contribution in [3.05, 3.63) is 0 Å². The summed E-state index contributed by atoms with van der Waals surface area (Å²) < 4.78 is 0. The lowest BCUT2D eigenvalue weighted by Crippen LogP contribution is -2.37. The first-order chi connectivity index (χ1) is 7.38. The molecule has 0 radical (unpaired) electrons. The molecule has 1 aliphatic heterocycles. The third-order valence-electron chi connectivity index (χ3n) is 3.94. The Kier molecular flexibility index (Phi) is 4.04. The maximum absolute atomic E-state index is 8.30. The molecule has 1 saturated heterocycles. The standard InChI is InChI=1S/C13H24N2/c14-13(12-8-4-3-5-9-12)15-10-6-1-2-7-11-15/h12,14H,1-11H2. The summed E-state index contributed by atoms with van der Waals surface area (Å²) in [5.74, 6) is 1.56. The van der Waals surface area contributed by atoms with Crippen LogP contribution in [-0.2, 0) is 0 Å². The van der Waals surface area contributed by atoms with E-state index in [9.17, 15) is 0 Å². The number of rotatable bonds is 1. The molecule has 1 heterocycles. The predicted octanol–water partition coefficient (Wildman–Crippen LogP) is 3.42. The molecule has 15 heavy (non-hydrogen) atoms. The maximum Gasteiger partial charge on any atom is 0.0989 e. The zero-order chi connectivity index (χ0) is 10.5. The minimum absolute atomic E-state index is 0.594. The molecule has 1 N–H and O–H groups in total. The molecule has 2 fully saturated rings. The van der Waals surface area contributed by atoms with Gasteiger partial charge >= 0.3 is 0 Å². The van der Waals surface area contributed by atoms with E-state index in [-0.39, 0.29) is 0 Å². The quantitative estimate of drug-likeness (QED) is 0.519. The molecule has 2 aliphatic rings. The van der Waals surface area contributed by atoms with Gasteiger partial charge < -0.3 is 4.90 Å². The molecule has 2 heteroatoms. The topological polar surface area (TPSA) is 27.1 Å². The Morgan fingerprint density at radius 1 is 0.800 bits per heavy atom. The van der Waals surface area contributed by atoms with Gasteiger partial charge in [0, 0.05) is 19.0 Å². The Morgan fingerprint density at radius 3 is 1.93 bits per heavy atom. The van der Waals surface area contributed by atoms with Crippen molar-refractivity contribution in [3.63, 3.8) is 0 Å². The molecule has 2 rings (SSSR count). The highest BCUT2D eigenvalue weighted by molar-refractivity contribution is 5.81. The van der Waals surface area contributed by atoms with Crippen LogP contribution >= 0.6 is 0 Å². The first-order valence-corrected chi connectivity index (χ1v) is 6.71. The van der Waals surface area contributed by atoms with E-state index >= 15 is 0 Å². The summed E-state index contributed by atoms with van der Waals surface area (Å²) in [5.41, 5.74) is 0. The number of nitrogens with zero attached hydrogens (tertiary/aromatic N) is 1. The van der Waals surface area contributed by atoms with Crippen LogP contribution in [0.15, 0.2) is 0 Å². The van der Waals surface area contributed by atoms with Crippen LogP contribution in [0.3, 0.4) is 0 Å². The first-order valence-electron chi connectivity index (χ1n) is 6.71.